The van der Waals surface area contributed by atoms with E-state index in [9.17, 15) is 0 Å². The van der Waals surface area contributed by atoms with Crippen LogP contribution < -0.4 is 5.32 Å². The molecule has 2 rings (SSSR count). The Bertz CT molecular complexity index is 516. The van der Waals surface area contributed by atoms with Gasteiger partial charge in [-0.1, -0.05) is 39.7 Å². The van der Waals surface area contributed by atoms with Crippen LogP contribution in [0.1, 0.15) is 17.3 Å². The van der Waals surface area contributed by atoms with Gasteiger partial charge < -0.3 is 5.32 Å². The Kier molecular flexibility index (Phi) is 4.75. The molecular formula is C14H14BrClN2. The second kappa shape index (κ2) is 6.32. The number of benzene rings is 1. The molecule has 1 aromatic heterocycles. The number of aromatic nitrogens is 1. The van der Waals surface area contributed by atoms with Gasteiger partial charge in [0.15, 0.2) is 0 Å². The molecule has 0 aliphatic carbocycles. The van der Waals surface area contributed by atoms with Crippen molar-refractivity contribution in [3.8, 4) is 0 Å². The van der Waals surface area contributed by atoms with Gasteiger partial charge in [-0.3, -0.25) is 4.98 Å². The van der Waals surface area contributed by atoms with E-state index in [2.05, 4.69) is 26.2 Å². The maximum Gasteiger partial charge on any atom is 0.0465 e. The molecule has 0 spiro atoms. The zero-order valence-electron chi connectivity index (χ0n) is 10.0. The van der Waals surface area contributed by atoms with Gasteiger partial charge in [-0.2, -0.15) is 0 Å². The van der Waals surface area contributed by atoms with Gasteiger partial charge in [0.1, 0.15) is 0 Å². The highest BCUT2D eigenvalue weighted by molar-refractivity contribution is 9.10. The van der Waals surface area contributed by atoms with E-state index in [4.69, 9.17) is 11.6 Å². The van der Waals surface area contributed by atoms with Crippen LogP contribution in [0.25, 0.3) is 0 Å². The summed E-state index contributed by atoms with van der Waals surface area (Å²) in [5, 5.41) is 4.05. The number of rotatable bonds is 4. The van der Waals surface area contributed by atoms with E-state index in [0.29, 0.717) is 0 Å². The smallest absolute Gasteiger partial charge is 0.0465 e. The molecule has 0 aliphatic rings. The van der Waals surface area contributed by atoms with Crippen molar-refractivity contribution < 1.29 is 0 Å². The van der Waals surface area contributed by atoms with Crippen molar-refractivity contribution >= 4 is 27.5 Å². The van der Waals surface area contributed by atoms with Crippen molar-refractivity contribution in [2.75, 3.05) is 7.05 Å². The van der Waals surface area contributed by atoms with Crippen molar-refractivity contribution in [2.45, 2.75) is 12.5 Å². The van der Waals surface area contributed by atoms with Crippen molar-refractivity contribution in [1.82, 2.24) is 10.3 Å². The lowest BCUT2D eigenvalue weighted by Gasteiger charge is -2.17. The second-order valence-electron chi connectivity index (χ2n) is 4.03. The molecule has 1 aromatic carbocycles. The van der Waals surface area contributed by atoms with Crippen LogP contribution in [0.4, 0.5) is 0 Å². The largest absolute Gasteiger partial charge is 0.313 e. The highest BCUT2D eigenvalue weighted by Crippen LogP contribution is 2.28. The maximum atomic E-state index is 6.28. The van der Waals surface area contributed by atoms with E-state index >= 15 is 0 Å². The number of likely N-dealkylation sites (N-methyl/N-ethyl adjacent to an activating group) is 1. The quantitative estimate of drug-likeness (QED) is 0.919. The van der Waals surface area contributed by atoms with Crippen molar-refractivity contribution in [2.24, 2.45) is 0 Å². The van der Waals surface area contributed by atoms with Gasteiger partial charge in [-0.25, -0.2) is 0 Å². The molecule has 0 bridgehead atoms. The van der Waals surface area contributed by atoms with E-state index in [1.165, 1.54) is 0 Å². The number of pyridine rings is 1. The summed E-state index contributed by atoms with van der Waals surface area (Å²) in [5.74, 6) is 0. The first kappa shape index (κ1) is 13.5. The van der Waals surface area contributed by atoms with Gasteiger partial charge in [0.2, 0.25) is 0 Å². The SMILES string of the molecule is CNC(Cc1ccccn1)c1ccc(Br)cc1Cl. The number of halogens is 2. The number of hydrogen-bond acceptors (Lipinski definition) is 2. The number of nitrogens with one attached hydrogen (secondary N) is 1. The lowest BCUT2D eigenvalue weighted by Crippen LogP contribution is -2.19. The number of nitrogens with zero attached hydrogens (tertiary/aromatic N) is 1. The lowest BCUT2D eigenvalue weighted by molar-refractivity contribution is 0.584. The summed E-state index contributed by atoms with van der Waals surface area (Å²) < 4.78 is 0.990. The fraction of sp³-hybridized carbons (Fsp3) is 0.214. The fourth-order valence-electron chi connectivity index (χ4n) is 1.88. The monoisotopic (exact) mass is 324 g/mol. The Hall–Kier alpha value is -0.900. The molecule has 0 fully saturated rings. The molecule has 1 heterocycles. The standard InChI is InChI=1S/C14H14BrClN2/c1-17-14(9-11-4-2-3-7-18-11)12-6-5-10(15)8-13(12)16/h2-8,14,17H,9H2,1H3. The van der Waals surface area contributed by atoms with Gasteiger partial charge in [0.25, 0.3) is 0 Å². The molecule has 1 N–H and O–H groups in total. The summed E-state index contributed by atoms with van der Waals surface area (Å²) in [5.41, 5.74) is 2.14. The Labute approximate surface area is 121 Å². The first-order valence-electron chi connectivity index (χ1n) is 5.73. The molecule has 2 nitrogen and oxygen atoms in total. The normalized spacial score (nSPS) is 12.4. The Balaban J connectivity index is 2.23. The molecule has 1 unspecified atom stereocenters. The van der Waals surface area contributed by atoms with Crippen molar-refractivity contribution in [3.05, 3.63) is 63.3 Å². The molecule has 0 saturated carbocycles. The molecule has 18 heavy (non-hydrogen) atoms. The van der Waals surface area contributed by atoms with Crippen LogP contribution >= 0.6 is 27.5 Å². The summed E-state index contributed by atoms with van der Waals surface area (Å²) in [6.07, 6.45) is 2.63. The second-order valence-corrected chi connectivity index (χ2v) is 5.36. The van der Waals surface area contributed by atoms with Crippen LogP contribution in [0.15, 0.2) is 47.1 Å². The van der Waals surface area contributed by atoms with Crippen LogP contribution in [-0.2, 0) is 6.42 Å². The minimum absolute atomic E-state index is 0.167. The van der Waals surface area contributed by atoms with Crippen LogP contribution in [-0.4, -0.2) is 12.0 Å². The molecule has 94 valence electrons. The zero-order valence-corrected chi connectivity index (χ0v) is 12.4. The fourth-order valence-corrected chi connectivity index (χ4v) is 2.68. The highest BCUT2D eigenvalue weighted by atomic mass is 79.9. The Morgan fingerprint density at radius 2 is 2.17 bits per heavy atom. The summed E-state index contributed by atoms with van der Waals surface area (Å²) >= 11 is 9.70. The predicted octanol–water partition coefficient (Wildman–Crippen LogP) is 4.00. The molecule has 0 aliphatic heterocycles. The summed E-state index contributed by atoms with van der Waals surface area (Å²) in [6, 6.07) is 12.1. The molecule has 2 aromatic rings. The average molecular weight is 326 g/mol. The van der Waals surface area contributed by atoms with Crippen molar-refractivity contribution in [3.63, 3.8) is 0 Å². The molecule has 4 heteroatoms. The first-order valence-corrected chi connectivity index (χ1v) is 6.90. The highest BCUT2D eigenvalue weighted by Gasteiger charge is 2.14. The van der Waals surface area contributed by atoms with Crippen molar-refractivity contribution in [1.29, 1.82) is 0 Å². The van der Waals surface area contributed by atoms with Crippen LogP contribution in [0.2, 0.25) is 5.02 Å². The third-order valence-electron chi connectivity index (χ3n) is 2.83. The Morgan fingerprint density at radius 1 is 1.33 bits per heavy atom. The van der Waals surface area contributed by atoms with E-state index < -0.39 is 0 Å². The molecule has 0 amide bonds. The number of hydrogen-bond donors (Lipinski definition) is 1. The van der Waals surface area contributed by atoms with E-state index in [1.807, 2.05) is 49.6 Å². The average Bonchev–Trinajstić information content (AvgIpc) is 2.38. The molecule has 0 saturated heterocycles. The molecule has 0 radical (unpaired) electrons. The summed E-state index contributed by atoms with van der Waals surface area (Å²) in [6.45, 7) is 0. The minimum atomic E-state index is 0.167. The van der Waals surface area contributed by atoms with Crippen LogP contribution in [0.5, 0.6) is 0 Å². The third-order valence-corrected chi connectivity index (χ3v) is 3.65. The summed E-state index contributed by atoms with van der Waals surface area (Å²) in [4.78, 5) is 4.35. The van der Waals surface area contributed by atoms with Gasteiger partial charge in [0, 0.05) is 33.8 Å². The van der Waals surface area contributed by atoms with Gasteiger partial charge in [-0.15, -0.1) is 0 Å². The summed E-state index contributed by atoms with van der Waals surface area (Å²) in [7, 11) is 1.94. The van der Waals surface area contributed by atoms with E-state index in [-0.39, 0.29) is 6.04 Å². The first-order chi connectivity index (χ1) is 8.70. The van der Waals surface area contributed by atoms with Crippen LogP contribution in [0, 0.1) is 0 Å². The molecular weight excluding hydrogens is 312 g/mol. The lowest BCUT2D eigenvalue weighted by atomic mass is 10.0. The van der Waals surface area contributed by atoms with Crippen LogP contribution in [0.3, 0.4) is 0 Å². The third kappa shape index (κ3) is 3.31. The predicted molar refractivity (Wildman–Crippen MR) is 78.9 cm³/mol. The van der Waals surface area contributed by atoms with E-state index in [0.717, 1.165) is 27.2 Å². The minimum Gasteiger partial charge on any atom is -0.313 e. The van der Waals surface area contributed by atoms with E-state index in [1.54, 1.807) is 0 Å². The topological polar surface area (TPSA) is 24.9 Å². The maximum absolute atomic E-state index is 6.28. The Morgan fingerprint density at radius 3 is 2.78 bits per heavy atom. The van der Waals surface area contributed by atoms with Gasteiger partial charge >= 0.3 is 0 Å². The molecule has 1 atom stereocenters. The van der Waals surface area contributed by atoms with Gasteiger partial charge in [0.05, 0.1) is 0 Å². The zero-order chi connectivity index (χ0) is 13.0. The van der Waals surface area contributed by atoms with Gasteiger partial charge in [-0.05, 0) is 36.9 Å².